The van der Waals surface area contributed by atoms with Gasteiger partial charge in [-0.05, 0) is 48.4 Å². The number of benzene rings is 2. The van der Waals surface area contributed by atoms with Gasteiger partial charge < -0.3 is 0 Å². The van der Waals surface area contributed by atoms with E-state index in [0.29, 0.717) is 10.6 Å². The SMILES string of the molecule is Cc1cc(Cl)ccc1N(CC(=O)N/N=C/c1cccc(C(F)(F)F)c1)S(C)(=O)=O. The summed E-state index contributed by atoms with van der Waals surface area (Å²) in [6.45, 7) is 1.07. The van der Waals surface area contributed by atoms with E-state index in [9.17, 15) is 26.4 Å². The molecule has 0 aromatic heterocycles. The maximum atomic E-state index is 12.7. The number of carbonyl (C=O) groups excluding carboxylic acids is 1. The van der Waals surface area contributed by atoms with Crippen LogP contribution in [0.25, 0.3) is 0 Å². The number of carbonyl (C=O) groups is 1. The second-order valence-electron chi connectivity index (χ2n) is 6.12. The molecular formula is C18H17ClF3N3O3S. The van der Waals surface area contributed by atoms with E-state index in [1.807, 2.05) is 0 Å². The van der Waals surface area contributed by atoms with Crippen molar-refractivity contribution >= 4 is 39.4 Å². The first-order valence-electron chi connectivity index (χ1n) is 8.11. The smallest absolute Gasteiger partial charge is 0.271 e. The molecule has 0 spiro atoms. The Morgan fingerprint density at radius 1 is 1.24 bits per heavy atom. The minimum Gasteiger partial charge on any atom is -0.271 e. The number of nitrogens with one attached hydrogen (secondary N) is 1. The van der Waals surface area contributed by atoms with E-state index in [2.05, 4.69) is 10.5 Å². The Kier molecular flexibility index (Phi) is 6.91. The molecule has 0 heterocycles. The van der Waals surface area contributed by atoms with Crippen LogP contribution in [-0.4, -0.2) is 33.3 Å². The summed E-state index contributed by atoms with van der Waals surface area (Å²) in [6, 6.07) is 8.89. The van der Waals surface area contributed by atoms with Gasteiger partial charge in [0, 0.05) is 5.02 Å². The summed E-state index contributed by atoms with van der Waals surface area (Å²) in [5.41, 5.74) is 2.19. The monoisotopic (exact) mass is 447 g/mol. The van der Waals surface area contributed by atoms with E-state index >= 15 is 0 Å². The molecule has 2 rings (SSSR count). The molecule has 2 aromatic rings. The molecular weight excluding hydrogens is 431 g/mol. The quantitative estimate of drug-likeness (QED) is 0.543. The standard InChI is InChI=1S/C18H17ClF3N3O3S/c1-12-8-15(19)6-7-16(12)25(29(2,27)28)11-17(26)24-23-10-13-4-3-5-14(9-13)18(20,21)22/h3-10H,11H2,1-2H3,(H,24,26)/b23-10+. The second kappa shape index (κ2) is 8.83. The molecule has 0 saturated carbocycles. The molecule has 0 aliphatic rings. The lowest BCUT2D eigenvalue weighted by Crippen LogP contribution is -2.39. The first-order valence-corrected chi connectivity index (χ1v) is 10.3. The van der Waals surface area contributed by atoms with Crippen molar-refractivity contribution in [2.75, 3.05) is 17.1 Å². The average Bonchev–Trinajstić information content (AvgIpc) is 2.59. The number of alkyl halides is 3. The van der Waals surface area contributed by atoms with Crippen LogP contribution in [0.15, 0.2) is 47.6 Å². The Morgan fingerprint density at radius 2 is 1.93 bits per heavy atom. The number of hydrogen-bond donors (Lipinski definition) is 1. The van der Waals surface area contributed by atoms with Crippen molar-refractivity contribution in [2.24, 2.45) is 5.10 Å². The van der Waals surface area contributed by atoms with Crippen LogP contribution in [0.2, 0.25) is 5.02 Å². The third-order valence-corrected chi connectivity index (χ3v) is 5.09. The van der Waals surface area contributed by atoms with E-state index in [4.69, 9.17) is 11.6 Å². The van der Waals surface area contributed by atoms with E-state index in [0.717, 1.165) is 28.9 Å². The van der Waals surface area contributed by atoms with Gasteiger partial charge in [0.25, 0.3) is 5.91 Å². The maximum absolute atomic E-state index is 12.7. The molecule has 29 heavy (non-hydrogen) atoms. The van der Waals surface area contributed by atoms with Crippen LogP contribution in [0, 0.1) is 6.92 Å². The number of nitrogens with zero attached hydrogens (tertiary/aromatic N) is 2. The highest BCUT2D eigenvalue weighted by Gasteiger charge is 2.30. The van der Waals surface area contributed by atoms with E-state index < -0.39 is 34.2 Å². The summed E-state index contributed by atoms with van der Waals surface area (Å²) in [7, 11) is -3.80. The molecule has 0 aliphatic carbocycles. The van der Waals surface area contributed by atoms with Gasteiger partial charge in [-0.15, -0.1) is 0 Å². The van der Waals surface area contributed by atoms with Crippen LogP contribution >= 0.6 is 11.6 Å². The zero-order valence-electron chi connectivity index (χ0n) is 15.4. The fourth-order valence-electron chi connectivity index (χ4n) is 2.42. The van der Waals surface area contributed by atoms with Gasteiger partial charge >= 0.3 is 6.18 Å². The number of halogens is 4. The van der Waals surface area contributed by atoms with Crippen molar-refractivity contribution in [3.8, 4) is 0 Å². The number of amides is 1. The largest absolute Gasteiger partial charge is 0.416 e. The van der Waals surface area contributed by atoms with E-state index in [-0.39, 0.29) is 11.3 Å². The number of hydrogen-bond acceptors (Lipinski definition) is 4. The Hall–Kier alpha value is -2.59. The van der Waals surface area contributed by atoms with Gasteiger partial charge in [-0.3, -0.25) is 9.10 Å². The Balaban J connectivity index is 2.12. The number of aryl methyl sites for hydroxylation is 1. The van der Waals surface area contributed by atoms with Gasteiger partial charge in [-0.2, -0.15) is 18.3 Å². The highest BCUT2D eigenvalue weighted by molar-refractivity contribution is 7.92. The number of hydrazone groups is 1. The predicted molar refractivity (Wildman–Crippen MR) is 106 cm³/mol. The lowest BCUT2D eigenvalue weighted by Gasteiger charge is -2.23. The molecule has 0 saturated heterocycles. The Labute approximate surface area is 171 Å². The van der Waals surface area contributed by atoms with Crippen LogP contribution in [-0.2, 0) is 21.0 Å². The van der Waals surface area contributed by atoms with Crippen molar-refractivity contribution in [3.05, 3.63) is 64.2 Å². The normalized spacial score (nSPS) is 12.2. The summed E-state index contributed by atoms with van der Waals surface area (Å²) < 4.78 is 63.2. The van der Waals surface area contributed by atoms with E-state index in [1.165, 1.54) is 24.3 Å². The van der Waals surface area contributed by atoms with Crippen LogP contribution in [0.4, 0.5) is 18.9 Å². The maximum Gasteiger partial charge on any atom is 0.416 e. The van der Waals surface area contributed by atoms with Gasteiger partial charge in [0.15, 0.2) is 0 Å². The molecule has 11 heteroatoms. The van der Waals surface area contributed by atoms with Crippen LogP contribution in [0.5, 0.6) is 0 Å². The van der Waals surface area contributed by atoms with Gasteiger partial charge in [-0.1, -0.05) is 23.7 Å². The van der Waals surface area contributed by atoms with Crippen molar-refractivity contribution in [1.82, 2.24) is 5.43 Å². The molecule has 0 aliphatic heterocycles. The second-order valence-corrected chi connectivity index (χ2v) is 8.46. The molecule has 0 atom stereocenters. The van der Waals surface area contributed by atoms with Crippen molar-refractivity contribution in [2.45, 2.75) is 13.1 Å². The Morgan fingerprint density at radius 3 is 2.52 bits per heavy atom. The highest BCUT2D eigenvalue weighted by Crippen LogP contribution is 2.29. The number of anilines is 1. The molecule has 0 unspecified atom stereocenters. The first kappa shape index (κ1) is 22.7. The average molecular weight is 448 g/mol. The molecule has 1 N–H and O–H groups in total. The molecule has 1 amide bonds. The van der Waals surface area contributed by atoms with E-state index in [1.54, 1.807) is 13.0 Å². The third-order valence-electron chi connectivity index (χ3n) is 3.73. The number of rotatable bonds is 6. The van der Waals surface area contributed by atoms with Gasteiger partial charge in [-0.25, -0.2) is 13.8 Å². The van der Waals surface area contributed by atoms with Gasteiger partial charge in [0.05, 0.1) is 23.7 Å². The molecule has 156 valence electrons. The van der Waals surface area contributed by atoms with Crippen molar-refractivity contribution in [3.63, 3.8) is 0 Å². The minimum atomic E-state index is -4.50. The molecule has 2 aromatic carbocycles. The lowest BCUT2D eigenvalue weighted by molar-refractivity contribution is -0.137. The molecule has 6 nitrogen and oxygen atoms in total. The fourth-order valence-corrected chi connectivity index (χ4v) is 3.56. The zero-order valence-corrected chi connectivity index (χ0v) is 16.9. The van der Waals surface area contributed by atoms with Crippen LogP contribution in [0.3, 0.4) is 0 Å². The predicted octanol–water partition coefficient (Wildman–Crippen LogP) is 3.58. The van der Waals surface area contributed by atoms with Gasteiger partial charge in [0.2, 0.25) is 10.0 Å². The Bertz CT molecular complexity index is 1040. The summed E-state index contributed by atoms with van der Waals surface area (Å²) in [6.07, 6.45) is -2.52. The zero-order chi connectivity index (χ0) is 21.8. The summed E-state index contributed by atoms with van der Waals surface area (Å²) in [4.78, 5) is 12.1. The summed E-state index contributed by atoms with van der Waals surface area (Å²) >= 11 is 5.87. The lowest BCUT2D eigenvalue weighted by atomic mass is 10.1. The fraction of sp³-hybridized carbons (Fsp3) is 0.222. The molecule has 0 bridgehead atoms. The van der Waals surface area contributed by atoms with Crippen molar-refractivity contribution in [1.29, 1.82) is 0 Å². The first-order chi connectivity index (χ1) is 13.4. The topological polar surface area (TPSA) is 78.8 Å². The van der Waals surface area contributed by atoms with Crippen molar-refractivity contribution < 1.29 is 26.4 Å². The molecule has 0 fully saturated rings. The number of sulfonamides is 1. The van der Waals surface area contributed by atoms with Crippen LogP contribution in [0.1, 0.15) is 16.7 Å². The third kappa shape index (κ3) is 6.47. The summed E-state index contributed by atoms with van der Waals surface area (Å²) in [5.74, 6) is -0.770. The molecule has 0 radical (unpaired) electrons. The van der Waals surface area contributed by atoms with Gasteiger partial charge in [0.1, 0.15) is 6.54 Å². The van der Waals surface area contributed by atoms with Crippen LogP contribution < -0.4 is 9.73 Å². The highest BCUT2D eigenvalue weighted by atomic mass is 35.5. The minimum absolute atomic E-state index is 0.119. The summed E-state index contributed by atoms with van der Waals surface area (Å²) in [5, 5.41) is 4.01.